The summed E-state index contributed by atoms with van der Waals surface area (Å²) < 4.78 is 0. The standard InChI is InChI=1S/C16H23NO4/c1-4-11-17(12(2)18)16(3,15(20)21)10-9-13-5-7-14(19)8-6-13/h5-8,19H,4,9-11H2,1-3H3,(H,20,21). The fraction of sp³-hybridized carbons (Fsp3) is 0.500. The van der Waals surface area contributed by atoms with Gasteiger partial charge in [0.15, 0.2) is 0 Å². The molecule has 1 rings (SSSR count). The van der Waals surface area contributed by atoms with Crippen LogP contribution in [-0.4, -0.2) is 39.1 Å². The zero-order valence-corrected chi connectivity index (χ0v) is 12.8. The van der Waals surface area contributed by atoms with Crippen molar-refractivity contribution in [2.75, 3.05) is 6.54 Å². The maximum Gasteiger partial charge on any atom is 0.329 e. The molecule has 0 bridgehead atoms. The van der Waals surface area contributed by atoms with Gasteiger partial charge in [0, 0.05) is 13.5 Å². The van der Waals surface area contributed by atoms with Gasteiger partial charge in [0.25, 0.3) is 0 Å². The lowest BCUT2D eigenvalue weighted by Crippen LogP contribution is -2.55. The van der Waals surface area contributed by atoms with Gasteiger partial charge in [-0.25, -0.2) is 4.79 Å². The molecule has 5 heteroatoms. The van der Waals surface area contributed by atoms with Crippen LogP contribution in [0.2, 0.25) is 0 Å². The highest BCUT2D eigenvalue weighted by atomic mass is 16.4. The smallest absolute Gasteiger partial charge is 0.329 e. The quantitative estimate of drug-likeness (QED) is 0.809. The van der Waals surface area contributed by atoms with Crippen molar-refractivity contribution in [2.24, 2.45) is 0 Å². The molecule has 1 amide bonds. The van der Waals surface area contributed by atoms with Crippen LogP contribution in [0.3, 0.4) is 0 Å². The minimum absolute atomic E-state index is 0.177. The summed E-state index contributed by atoms with van der Waals surface area (Å²) >= 11 is 0. The van der Waals surface area contributed by atoms with Crippen molar-refractivity contribution in [2.45, 2.75) is 45.6 Å². The Bertz CT molecular complexity index is 498. The van der Waals surface area contributed by atoms with E-state index >= 15 is 0 Å². The Morgan fingerprint density at radius 2 is 1.81 bits per heavy atom. The topological polar surface area (TPSA) is 77.8 Å². The van der Waals surface area contributed by atoms with E-state index in [1.807, 2.05) is 6.92 Å². The number of phenols is 1. The van der Waals surface area contributed by atoms with Crippen LogP contribution in [0.5, 0.6) is 5.75 Å². The Morgan fingerprint density at radius 1 is 1.24 bits per heavy atom. The first-order chi connectivity index (χ1) is 9.81. The highest BCUT2D eigenvalue weighted by Crippen LogP contribution is 2.24. The molecule has 1 atom stereocenters. The molecule has 5 nitrogen and oxygen atoms in total. The number of carboxylic acids is 1. The van der Waals surface area contributed by atoms with Crippen LogP contribution in [0.25, 0.3) is 0 Å². The highest BCUT2D eigenvalue weighted by Gasteiger charge is 2.40. The summed E-state index contributed by atoms with van der Waals surface area (Å²) in [6.45, 7) is 5.33. The van der Waals surface area contributed by atoms with E-state index in [4.69, 9.17) is 0 Å². The van der Waals surface area contributed by atoms with Crippen molar-refractivity contribution in [1.29, 1.82) is 0 Å². The van der Waals surface area contributed by atoms with E-state index in [0.29, 0.717) is 25.8 Å². The normalized spacial score (nSPS) is 13.5. The lowest BCUT2D eigenvalue weighted by Gasteiger charge is -2.37. The second kappa shape index (κ2) is 7.11. The van der Waals surface area contributed by atoms with Crippen LogP contribution >= 0.6 is 0 Å². The molecule has 116 valence electrons. The number of carbonyl (C=O) groups is 2. The van der Waals surface area contributed by atoms with Crippen molar-refractivity contribution in [3.05, 3.63) is 29.8 Å². The molecule has 1 aromatic rings. The number of carboxylic acid groups (broad SMARTS) is 1. The van der Waals surface area contributed by atoms with Crippen LogP contribution < -0.4 is 0 Å². The second-order valence-corrected chi connectivity index (χ2v) is 5.42. The number of aromatic hydroxyl groups is 1. The Hall–Kier alpha value is -2.04. The summed E-state index contributed by atoms with van der Waals surface area (Å²) in [5.74, 6) is -1.05. The van der Waals surface area contributed by atoms with Crippen LogP contribution in [0.15, 0.2) is 24.3 Å². The average Bonchev–Trinajstić information content (AvgIpc) is 2.43. The van der Waals surface area contributed by atoms with E-state index in [2.05, 4.69) is 0 Å². The third kappa shape index (κ3) is 4.21. The lowest BCUT2D eigenvalue weighted by atomic mass is 9.91. The Balaban J connectivity index is 2.91. The molecule has 2 N–H and O–H groups in total. The molecule has 0 aliphatic rings. The molecule has 0 aromatic heterocycles. The van der Waals surface area contributed by atoms with E-state index in [1.54, 1.807) is 31.2 Å². The van der Waals surface area contributed by atoms with Crippen molar-refractivity contribution < 1.29 is 19.8 Å². The summed E-state index contributed by atoms with van der Waals surface area (Å²) in [7, 11) is 0. The Kier molecular flexibility index (Phi) is 5.76. The predicted octanol–water partition coefficient (Wildman–Crippen LogP) is 2.43. The van der Waals surface area contributed by atoms with Gasteiger partial charge >= 0.3 is 5.97 Å². The molecule has 1 aromatic carbocycles. The predicted molar refractivity (Wildman–Crippen MR) is 80.1 cm³/mol. The number of hydrogen-bond acceptors (Lipinski definition) is 3. The van der Waals surface area contributed by atoms with Gasteiger partial charge in [0.1, 0.15) is 11.3 Å². The van der Waals surface area contributed by atoms with Crippen LogP contribution in [0, 0.1) is 0 Å². The first-order valence-electron chi connectivity index (χ1n) is 7.10. The van der Waals surface area contributed by atoms with Crippen molar-refractivity contribution in [3.8, 4) is 5.75 Å². The molecule has 0 heterocycles. The average molecular weight is 293 g/mol. The molecule has 0 aliphatic heterocycles. The van der Waals surface area contributed by atoms with Gasteiger partial charge < -0.3 is 15.1 Å². The maximum atomic E-state index is 11.8. The van der Waals surface area contributed by atoms with E-state index in [1.165, 1.54) is 11.8 Å². The van der Waals surface area contributed by atoms with Gasteiger partial charge in [0.05, 0.1) is 0 Å². The number of aryl methyl sites for hydroxylation is 1. The number of carbonyl (C=O) groups excluding carboxylic acids is 1. The first-order valence-corrected chi connectivity index (χ1v) is 7.10. The Labute approximate surface area is 125 Å². The number of phenolic OH excluding ortho intramolecular Hbond substituents is 1. The molecular formula is C16H23NO4. The third-order valence-electron chi connectivity index (χ3n) is 3.72. The Morgan fingerprint density at radius 3 is 2.24 bits per heavy atom. The van der Waals surface area contributed by atoms with E-state index < -0.39 is 11.5 Å². The largest absolute Gasteiger partial charge is 0.508 e. The summed E-state index contributed by atoms with van der Waals surface area (Å²) in [6, 6.07) is 6.66. The van der Waals surface area contributed by atoms with Gasteiger partial charge in [-0.2, -0.15) is 0 Å². The molecule has 0 fully saturated rings. The van der Waals surface area contributed by atoms with Crippen LogP contribution in [-0.2, 0) is 16.0 Å². The minimum Gasteiger partial charge on any atom is -0.508 e. The summed E-state index contributed by atoms with van der Waals surface area (Å²) in [4.78, 5) is 24.9. The number of rotatable bonds is 7. The zero-order valence-electron chi connectivity index (χ0n) is 12.8. The van der Waals surface area contributed by atoms with Crippen molar-refractivity contribution >= 4 is 11.9 Å². The summed E-state index contributed by atoms with van der Waals surface area (Å²) in [6.07, 6.45) is 1.56. The fourth-order valence-electron chi connectivity index (χ4n) is 2.38. The molecule has 1 unspecified atom stereocenters. The lowest BCUT2D eigenvalue weighted by molar-refractivity contribution is -0.158. The van der Waals surface area contributed by atoms with Gasteiger partial charge in [-0.15, -0.1) is 0 Å². The fourth-order valence-corrected chi connectivity index (χ4v) is 2.38. The minimum atomic E-state index is -1.22. The van der Waals surface area contributed by atoms with E-state index in [-0.39, 0.29) is 11.7 Å². The highest BCUT2D eigenvalue weighted by molar-refractivity contribution is 5.85. The molecule has 0 radical (unpaired) electrons. The summed E-state index contributed by atoms with van der Waals surface area (Å²) in [5.41, 5.74) is -0.292. The van der Waals surface area contributed by atoms with E-state index in [0.717, 1.165) is 5.56 Å². The van der Waals surface area contributed by atoms with Gasteiger partial charge in [-0.1, -0.05) is 19.1 Å². The molecule has 0 spiro atoms. The van der Waals surface area contributed by atoms with Gasteiger partial charge in [0.2, 0.25) is 5.91 Å². The molecule has 0 saturated heterocycles. The molecule has 0 aliphatic carbocycles. The molecular weight excluding hydrogens is 270 g/mol. The first kappa shape index (κ1) is 17.0. The van der Waals surface area contributed by atoms with E-state index in [9.17, 15) is 19.8 Å². The monoisotopic (exact) mass is 293 g/mol. The zero-order chi connectivity index (χ0) is 16.0. The van der Waals surface area contributed by atoms with Gasteiger partial charge in [-0.3, -0.25) is 4.79 Å². The number of amides is 1. The van der Waals surface area contributed by atoms with Crippen LogP contribution in [0.1, 0.15) is 39.2 Å². The number of aliphatic carboxylic acids is 1. The number of hydrogen-bond donors (Lipinski definition) is 2. The van der Waals surface area contributed by atoms with Crippen molar-refractivity contribution in [3.63, 3.8) is 0 Å². The van der Waals surface area contributed by atoms with Crippen LogP contribution in [0.4, 0.5) is 0 Å². The SMILES string of the molecule is CCCN(C(C)=O)C(C)(CCc1ccc(O)cc1)C(=O)O. The number of nitrogens with zero attached hydrogens (tertiary/aromatic N) is 1. The molecule has 21 heavy (non-hydrogen) atoms. The summed E-state index contributed by atoms with van der Waals surface area (Å²) in [5, 5.41) is 18.8. The third-order valence-corrected chi connectivity index (χ3v) is 3.72. The molecule has 0 saturated carbocycles. The van der Waals surface area contributed by atoms with Crippen molar-refractivity contribution in [1.82, 2.24) is 4.90 Å². The number of benzene rings is 1. The second-order valence-electron chi connectivity index (χ2n) is 5.42. The van der Waals surface area contributed by atoms with Gasteiger partial charge in [-0.05, 0) is 43.9 Å². The maximum absolute atomic E-state index is 11.8.